The summed E-state index contributed by atoms with van der Waals surface area (Å²) < 4.78 is 0. The van der Waals surface area contributed by atoms with Gasteiger partial charge in [0.1, 0.15) is 0 Å². The lowest BCUT2D eigenvalue weighted by atomic mass is 10.1. The number of para-hydroxylation sites is 1. The van der Waals surface area contributed by atoms with Gasteiger partial charge in [0, 0.05) is 17.1 Å². The summed E-state index contributed by atoms with van der Waals surface area (Å²) in [6, 6.07) is 27.8. The van der Waals surface area contributed by atoms with Gasteiger partial charge in [0.2, 0.25) is 0 Å². The molecule has 0 aliphatic rings. The normalized spacial score (nSPS) is 9.70. The van der Waals surface area contributed by atoms with Crippen molar-refractivity contribution in [2.75, 3.05) is 4.90 Å². The Labute approximate surface area is 166 Å². The number of rotatable bonds is 4. The molecule has 0 saturated carbocycles. The highest BCUT2D eigenvalue weighted by Crippen LogP contribution is 2.34. The van der Waals surface area contributed by atoms with E-state index in [1.165, 1.54) is 16.8 Å². The standard InChI is InChI=1S/C22H21N.2C2H6/c1-3-7-19-12-16-22(17-13-19)23(20-8-5-4-6-9-20)21-14-10-18(2)11-15-21;2*1-2/h3-17H,1-2H3;2*1-2H3/b7-3+;;. The summed E-state index contributed by atoms with van der Waals surface area (Å²) in [6.45, 7) is 12.2. The summed E-state index contributed by atoms with van der Waals surface area (Å²) in [6.07, 6.45) is 4.17. The Balaban J connectivity index is 0.000000855. The minimum absolute atomic E-state index is 1.16. The second-order valence-corrected chi connectivity index (χ2v) is 5.60. The van der Waals surface area contributed by atoms with E-state index in [0.29, 0.717) is 0 Å². The quantitative estimate of drug-likeness (QED) is 0.451. The molecule has 3 rings (SSSR count). The van der Waals surface area contributed by atoms with E-state index in [0.717, 1.165) is 11.4 Å². The first kappa shape index (κ1) is 22.2. The molecule has 3 aromatic rings. The molecule has 0 spiro atoms. The Hall–Kier alpha value is -2.80. The van der Waals surface area contributed by atoms with E-state index in [-0.39, 0.29) is 0 Å². The second kappa shape index (κ2) is 12.5. The zero-order valence-corrected chi connectivity index (χ0v) is 17.6. The zero-order chi connectivity index (χ0) is 20.1. The second-order valence-electron chi connectivity index (χ2n) is 5.60. The molecule has 142 valence electrons. The summed E-state index contributed by atoms with van der Waals surface area (Å²) in [5, 5.41) is 0. The molecule has 0 N–H and O–H groups in total. The van der Waals surface area contributed by atoms with Gasteiger partial charge < -0.3 is 4.90 Å². The van der Waals surface area contributed by atoms with Crippen molar-refractivity contribution in [3.05, 3.63) is 96.1 Å². The van der Waals surface area contributed by atoms with Crippen molar-refractivity contribution in [1.29, 1.82) is 0 Å². The van der Waals surface area contributed by atoms with Crippen molar-refractivity contribution in [2.45, 2.75) is 41.5 Å². The minimum Gasteiger partial charge on any atom is -0.311 e. The lowest BCUT2D eigenvalue weighted by Gasteiger charge is -2.25. The zero-order valence-electron chi connectivity index (χ0n) is 17.6. The summed E-state index contributed by atoms with van der Waals surface area (Å²) in [5.74, 6) is 0. The molecule has 0 saturated heterocycles. The highest BCUT2D eigenvalue weighted by atomic mass is 15.1. The molecule has 0 aromatic heterocycles. The third-order valence-electron chi connectivity index (χ3n) is 3.82. The smallest absolute Gasteiger partial charge is 0.0462 e. The first-order valence-corrected chi connectivity index (χ1v) is 9.92. The van der Waals surface area contributed by atoms with E-state index in [1.54, 1.807) is 0 Å². The van der Waals surface area contributed by atoms with Gasteiger partial charge in [-0.25, -0.2) is 0 Å². The van der Waals surface area contributed by atoms with Crippen LogP contribution in [-0.4, -0.2) is 0 Å². The Morgan fingerprint density at radius 1 is 0.593 bits per heavy atom. The highest BCUT2D eigenvalue weighted by molar-refractivity contribution is 5.77. The largest absolute Gasteiger partial charge is 0.311 e. The molecule has 0 atom stereocenters. The summed E-state index contributed by atoms with van der Waals surface area (Å²) >= 11 is 0. The predicted molar refractivity (Wildman–Crippen MR) is 123 cm³/mol. The van der Waals surface area contributed by atoms with Crippen LogP contribution in [-0.2, 0) is 0 Å². The summed E-state index contributed by atoms with van der Waals surface area (Å²) in [7, 11) is 0. The molecule has 0 amide bonds. The van der Waals surface area contributed by atoms with Crippen LogP contribution in [0.2, 0.25) is 0 Å². The Morgan fingerprint density at radius 2 is 1.04 bits per heavy atom. The average molecular weight is 360 g/mol. The molecule has 0 aliphatic carbocycles. The van der Waals surface area contributed by atoms with Gasteiger partial charge in [-0.15, -0.1) is 0 Å². The van der Waals surface area contributed by atoms with E-state index < -0.39 is 0 Å². The van der Waals surface area contributed by atoms with Crippen LogP contribution >= 0.6 is 0 Å². The fourth-order valence-electron chi connectivity index (χ4n) is 2.65. The molecule has 1 nitrogen and oxygen atoms in total. The number of hydrogen-bond acceptors (Lipinski definition) is 1. The molecule has 1 heteroatoms. The molecule has 0 heterocycles. The van der Waals surface area contributed by atoms with Gasteiger partial charge >= 0.3 is 0 Å². The number of hydrogen-bond donors (Lipinski definition) is 0. The third-order valence-corrected chi connectivity index (χ3v) is 3.82. The van der Waals surface area contributed by atoms with E-state index in [9.17, 15) is 0 Å². The Morgan fingerprint density at radius 3 is 1.52 bits per heavy atom. The van der Waals surface area contributed by atoms with Crippen LogP contribution in [0.5, 0.6) is 0 Å². The van der Waals surface area contributed by atoms with E-state index >= 15 is 0 Å². The van der Waals surface area contributed by atoms with Gasteiger partial charge in [0.15, 0.2) is 0 Å². The molecule has 0 unspecified atom stereocenters. The van der Waals surface area contributed by atoms with Crippen molar-refractivity contribution in [3.63, 3.8) is 0 Å². The van der Waals surface area contributed by atoms with Crippen LogP contribution in [0, 0.1) is 6.92 Å². The monoisotopic (exact) mass is 359 g/mol. The SMILES string of the molecule is C/C=C/c1ccc(N(c2ccccc2)c2ccc(C)cc2)cc1.CC.CC. The van der Waals surface area contributed by atoms with Gasteiger partial charge in [-0.05, 0) is 55.8 Å². The lowest BCUT2D eigenvalue weighted by Crippen LogP contribution is -2.09. The van der Waals surface area contributed by atoms with Crippen molar-refractivity contribution in [1.82, 2.24) is 0 Å². The average Bonchev–Trinajstić information content (AvgIpc) is 2.75. The van der Waals surface area contributed by atoms with Crippen LogP contribution in [0.1, 0.15) is 45.7 Å². The third kappa shape index (κ3) is 6.45. The van der Waals surface area contributed by atoms with Crippen LogP contribution < -0.4 is 4.90 Å². The molecular formula is C26H33N. The van der Waals surface area contributed by atoms with E-state index in [2.05, 4.69) is 96.8 Å². The first-order chi connectivity index (χ1) is 13.3. The number of nitrogens with zero attached hydrogens (tertiary/aromatic N) is 1. The summed E-state index contributed by atoms with van der Waals surface area (Å²) in [5.41, 5.74) is 5.97. The van der Waals surface area contributed by atoms with Crippen molar-refractivity contribution in [2.24, 2.45) is 0 Å². The number of aryl methyl sites for hydroxylation is 1. The van der Waals surface area contributed by atoms with E-state index in [1.807, 2.05) is 40.7 Å². The lowest BCUT2D eigenvalue weighted by molar-refractivity contribution is 1.27. The number of benzene rings is 3. The highest BCUT2D eigenvalue weighted by Gasteiger charge is 2.11. The molecule has 3 aromatic carbocycles. The first-order valence-electron chi connectivity index (χ1n) is 9.92. The number of anilines is 3. The van der Waals surface area contributed by atoms with Crippen LogP contribution in [0.25, 0.3) is 6.08 Å². The maximum atomic E-state index is 2.28. The van der Waals surface area contributed by atoms with Crippen LogP contribution in [0.15, 0.2) is 84.9 Å². The topological polar surface area (TPSA) is 3.24 Å². The molecular weight excluding hydrogens is 326 g/mol. The molecule has 0 fully saturated rings. The van der Waals surface area contributed by atoms with E-state index in [4.69, 9.17) is 0 Å². The van der Waals surface area contributed by atoms with Gasteiger partial charge in [0.25, 0.3) is 0 Å². The van der Waals surface area contributed by atoms with Gasteiger partial charge in [-0.3, -0.25) is 0 Å². The van der Waals surface area contributed by atoms with Crippen LogP contribution in [0.3, 0.4) is 0 Å². The van der Waals surface area contributed by atoms with Crippen molar-refractivity contribution >= 4 is 23.1 Å². The predicted octanol–water partition coefficient (Wildman–Crippen LogP) is 8.55. The summed E-state index contributed by atoms with van der Waals surface area (Å²) in [4.78, 5) is 2.28. The fraction of sp³-hybridized carbons (Fsp3) is 0.231. The van der Waals surface area contributed by atoms with Gasteiger partial charge in [0.05, 0.1) is 0 Å². The van der Waals surface area contributed by atoms with Crippen molar-refractivity contribution < 1.29 is 0 Å². The molecule has 0 radical (unpaired) electrons. The fourth-order valence-corrected chi connectivity index (χ4v) is 2.65. The molecule has 0 aliphatic heterocycles. The maximum Gasteiger partial charge on any atom is 0.0462 e. The Kier molecular flexibility index (Phi) is 10.3. The van der Waals surface area contributed by atoms with Crippen LogP contribution in [0.4, 0.5) is 17.1 Å². The minimum atomic E-state index is 1.16. The maximum absolute atomic E-state index is 2.28. The Bertz CT molecular complexity index is 769. The molecule has 0 bridgehead atoms. The molecule has 27 heavy (non-hydrogen) atoms. The van der Waals surface area contributed by atoms with Gasteiger partial charge in [-0.2, -0.15) is 0 Å². The van der Waals surface area contributed by atoms with Gasteiger partial charge in [-0.1, -0.05) is 87.9 Å². The number of allylic oxidation sites excluding steroid dienone is 1. The van der Waals surface area contributed by atoms with Crippen molar-refractivity contribution in [3.8, 4) is 0 Å².